The fourth-order valence-electron chi connectivity index (χ4n) is 3.25. The van der Waals surface area contributed by atoms with Crippen LogP contribution in [0.25, 0.3) is 6.08 Å². The lowest BCUT2D eigenvalue weighted by atomic mass is 9.99. The van der Waals surface area contributed by atoms with Crippen LogP contribution < -0.4 is 10.1 Å². The van der Waals surface area contributed by atoms with Gasteiger partial charge in [0.1, 0.15) is 5.75 Å². The zero-order chi connectivity index (χ0) is 21.0. The van der Waals surface area contributed by atoms with Gasteiger partial charge in [-0.1, -0.05) is 92.2 Å². The van der Waals surface area contributed by atoms with Crippen molar-refractivity contribution in [3.63, 3.8) is 0 Å². The normalized spacial score (nSPS) is 11.9. The van der Waals surface area contributed by atoms with Gasteiger partial charge in [-0.3, -0.25) is 4.79 Å². The Balaban J connectivity index is 1.70. The van der Waals surface area contributed by atoms with E-state index in [9.17, 15) is 4.79 Å². The average Bonchev–Trinajstić information content (AvgIpc) is 2.79. The van der Waals surface area contributed by atoms with Crippen LogP contribution in [0.15, 0.2) is 91.0 Å². The molecule has 0 bridgehead atoms. The fraction of sp³-hybridized carbons (Fsp3) is 0.222. The van der Waals surface area contributed by atoms with Crippen molar-refractivity contribution in [1.82, 2.24) is 5.32 Å². The zero-order valence-corrected chi connectivity index (χ0v) is 17.5. The summed E-state index contributed by atoms with van der Waals surface area (Å²) in [7, 11) is 0. The van der Waals surface area contributed by atoms with E-state index in [2.05, 4.69) is 36.5 Å². The van der Waals surface area contributed by atoms with Crippen molar-refractivity contribution in [3.05, 3.63) is 108 Å². The molecule has 1 atom stereocenters. The van der Waals surface area contributed by atoms with Crippen LogP contribution in [0.1, 0.15) is 42.5 Å². The Labute approximate surface area is 179 Å². The first-order valence-electron chi connectivity index (χ1n) is 10.6. The van der Waals surface area contributed by atoms with Crippen molar-refractivity contribution in [1.29, 1.82) is 0 Å². The maximum Gasteiger partial charge on any atom is 0.244 e. The van der Waals surface area contributed by atoms with Crippen LogP contribution in [-0.4, -0.2) is 12.5 Å². The van der Waals surface area contributed by atoms with Crippen molar-refractivity contribution in [2.45, 2.75) is 32.2 Å². The highest BCUT2D eigenvalue weighted by molar-refractivity contribution is 5.92. The van der Waals surface area contributed by atoms with Gasteiger partial charge < -0.3 is 10.1 Å². The number of hydrogen-bond donors (Lipinski definition) is 1. The lowest BCUT2D eigenvalue weighted by Crippen LogP contribution is -2.28. The van der Waals surface area contributed by atoms with Gasteiger partial charge in [-0.15, -0.1) is 0 Å². The summed E-state index contributed by atoms with van der Waals surface area (Å²) in [4.78, 5) is 12.7. The van der Waals surface area contributed by atoms with Crippen molar-refractivity contribution in [3.8, 4) is 5.75 Å². The number of hydrogen-bond acceptors (Lipinski definition) is 2. The lowest BCUT2D eigenvalue weighted by molar-refractivity contribution is -0.117. The molecule has 0 spiro atoms. The van der Waals surface area contributed by atoms with Gasteiger partial charge in [-0.25, -0.2) is 0 Å². The molecule has 3 heteroatoms. The first kappa shape index (κ1) is 21.4. The third-order valence-corrected chi connectivity index (χ3v) is 4.89. The quantitative estimate of drug-likeness (QED) is 0.336. The summed E-state index contributed by atoms with van der Waals surface area (Å²) in [6.07, 6.45) is 6.24. The molecule has 0 saturated heterocycles. The summed E-state index contributed by atoms with van der Waals surface area (Å²) < 4.78 is 5.86. The summed E-state index contributed by atoms with van der Waals surface area (Å²) in [5.74, 6) is 0.682. The van der Waals surface area contributed by atoms with Crippen LogP contribution in [0.4, 0.5) is 0 Å². The first-order valence-corrected chi connectivity index (χ1v) is 10.6. The number of carbonyl (C=O) groups excluding carboxylic acids is 1. The van der Waals surface area contributed by atoms with Gasteiger partial charge in [0.15, 0.2) is 0 Å². The Morgan fingerprint density at radius 2 is 1.60 bits per heavy atom. The maximum atomic E-state index is 12.7. The Morgan fingerprint density at radius 3 is 2.33 bits per heavy atom. The second-order valence-electron chi connectivity index (χ2n) is 7.23. The van der Waals surface area contributed by atoms with Crippen molar-refractivity contribution < 1.29 is 9.53 Å². The maximum absolute atomic E-state index is 12.7. The van der Waals surface area contributed by atoms with Crippen molar-refractivity contribution >= 4 is 12.0 Å². The molecule has 0 aromatic heterocycles. The molecule has 30 heavy (non-hydrogen) atoms. The Hall–Kier alpha value is -3.33. The van der Waals surface area contributed by atoms with Crippen molar-refractivity contribution in [2.75, 3.05) is 6.61 Å². The fourth-order valence-corrected chi connectivity index (χ4v) is 3.25. The van der Waals surface area contributed by atoms with Gasteiger partial charge in [0.25, 0.3) is 0 Å². The Bertz CT molecular complexity index is 935. The third kappa shape index (κ3) is 6.63. The van der Waals surface area contributed by atoms with Crippen LogP contribution in [0.3, 0.4) is 0 Å². The summed E-state index contributed by atoms with van der Waals surface area (Å²) in [5.41, 5.74) is 3.18. The SMILES string of the molecule is CCCCOc1ccccc1C=CC(=O)NC(Cc1ccccc1)c1ccccc1. The van der Waals surface area contributed by atoms with E-state index < -0.39 is 0 Å². The number of carbonyl (C=O) groups is 1. The second-order valence-corrected chi connectivity index (χ2v) is 7.23. The Kier molecular flexibility index (Phi) is 8.28. The first-order chi connectivity index (χ1) is 14.8. The summed E-state index contributed by atoms with van der Waals surface area (Å²) in [6, 6.07) is 28.0. The highest BCUT2D eigenvalue weighted by Gasteiger charge is 2.14. The van der Waals surface area contributed by atoms with E-state index >= 15 is 0 Å². The van der Waals surface area contributed by atoms with E-state index in [0.29, 0.717) is 6.61 Å². The topological polar surface area (TPSA) is 38.3 Å². The minimum absolute atomic E-state index is 0.0956. The second kappa shape index (κ2) is 11.6. The molecule has 1 amide bonds. The van der Waals surface area contributed by atoms with Crippen LogP contribution in [0, 0.1) is 0 Å². The summed E-state index contributed by atoms with van der Waals surface area (Å²) in [6.45, 7) is 2.82. The van der Waals surface area contributed by atoms with E-state index in [0.717, 1.165) is 36.1 Å². The van der Waals surface area contributed by atoms with Crippen LogP contribution in [-0.2, 0) is 11.2 Å². The largest absolute Gasteiger partial charge is 0.493 e. The highest BCUT2D eigenvalue weighted by atomic mass is 16.5. The minimum Gasteiger partial charge on any atom is -0.493 e. The number of ether oxygens (including phenoxy) is 1. The average molecular weight is 400 g/mol. The molecule has 0 aliphatic carbocycles. The number of benzene rings is 3. The highest BCUT2D eigenvalue weighted by Crippen LogP contribution is 2.21. The molecule has 3 rings (SSSR count). The lowest BCUT2D eigenvalue weighted by Gasteiger charge is -2.18. The number of rotatable bonds is 10. The molecule has 0 radical (unpaired) electrons. The molecule has 154 valence electrons. The number of nitrogens with one attached hydrogen (secondary N) is 1. The van der Waals surface area contributed by atoms with Crippen LogP contribution in [0.5, 0.6) is 5.75 Å². The number of para-hydroxylation sites is 1. The molecule has 0 fully saturated rings. The molecular formula is C27H29NO2. The standard InChI is InChI=1S/C27H29NO2/c1-2-3-20-30-26-17-11-10-16-24(26)18-19-27(29)28-25(23-14-8-5-9-15-23)21-22-12-6-4-7-13-22/h4-19,25H,2-3,20-21H2,1H3,(H,28,29). The Morgan fingerprint density at radius 1 is 0.933 bits per heavy atom. The molecule has 3 aromatic carbocycles. The molecule has 0 saturated carbocycles. The smallest absolute Gasteiger partial charge is 0.244 e. The molecule has 0 aliphatic heterocycles. The molecule has 0 heterocycles. The van der Waals surface area contributed by atoms with Gasteiger partial charge >= 0.3 is 0 Å². The third-order valence-electron chi connectivity index (χ3n) is 4.89. The summed E-state index contributed by atoms with van der Waals surface area (Å²) >= 11 is 0. The van der Waals surface area contributed by atoms with Gasteiger partial charge in [0.05, 0.1) is 12.6 Å². The van der Waals surface area contributed by atoms with E-state index in [1.165, 1.54) is 5.56 Å². The predicted octanol–water partition coefficient (Wildman–Crippen LogP) is 5.98. The zero-order valence-electron chi connectivity index (χ0n) is 17.5. The molecule has 3 aromatic rings. The molecule has 1 N–H and O–H groups in total. The van der Waals surface area contributed by atoms with Crippen LogP contribution in [0.2, 0.25) is 0 Å². The molecular weight excluding hydrogens is 370 g/mol. The molecule has 1 unspecified atom stereocenters. The van der Waals surface area contributed by atoms with Crippen LogP contribution >= 0.6 is 0 Å². The van der Waals surface area contributed by atoms with Gasteiger partial charge in [0.2, 0.25) is 5.91 Å². The minimum atomic E-state index is -0.122. The number of unbranched alkanes of at least 4 members (excludes halogenated alkanes) is 1. The van der Waals surface area contributed by atoms with E-state index in [1.54, 1.807) is 6.08 Å². The van der Waals surface area contributed by atoms with E-state index in [1.807, 2.05) is 66.7 Å². The molecule has 0 aliphatic rings. The summed E-state index contributed by atoms with van der Waals surface area (Å²) in [5, 5.41) is 3.16. The monoisotopic (exact) mass is 399 g/mol. The number of amides is 1. The van der Waals surface area contributed by atoms with E-state index in [-0.39, 0.29) is 11.9 Å². The predicted molar refractivity (Wildman–Crippen MR) is 123 cm³/mol. The van der Waals surface area contributed by atoms with Crippen molar-refractivity contribution in [2.24, 2.45) is 0 Å². The van der Waals surface area contributed by atoms with E-state index in [4.69, 9.17) is 4.74 Å². The molecule has 3 nitrogen and oxygen atoms in total. The van der Waals surface area contributed by atoms with Gasteiger partial charge in [-0.05, 0) is 36.1 Å². The van der Waals surface area contributed by atoms with Gasteiger partial charge in [-0.2, -0.15) is 0 Å². The van der Waals surface area contributed by atoms with Gasteiger partial charge in [0, 0.05) is 11.6 Å².